The normalized spacial score (nSPS) is 14.9. The van der Waals surface area contributed by atoms with Gasteiger partial charge in [0, 0.05) is 10.6 Å². The van der Waals surface area contributed by atoms with Crippen LogP contribution in [0.5, 0.6) is 5.75 Å². The van der Waals surface area contributed by atoms with Gasteiger partial charge in [-0.25, -0.2) is 4.99 Å². The molecule has 1 aliphatic heterocycles. The lowest BCUT2D eigenvalue weighted by Gasteiger charge is -2.24. The molecule has 40 heavy (non-hydrogen) atoms. The number of aromatic nitrogens is 1. The van der Waals surface area contributed by atoms with Crippen LogP contribution in [0.15, 0.2) is 123 Å². The van der Waals surface area contributed by atoms with Crippen LogP contribution in [0.25, 0.3) is 6.08 Å². The number of carbonyl (C=O) groups excluding carboxylic acids is 1. The number of amides is 1. The highest BCUT2D eigenvalue weighted by molar-refractivity contribution is 7.10. The quantitative estimate of drug-likeness (QED) is 0.284. The van der Waals surface area contributed by atoms with E-state index in [1.165, 1.54) is 22.7 Å². The molecule has 0 bridgehead atoms. The molecule has 0 spiro atoms. The summed E-state index contributed by atoms with van der Waals surface area (Å²) in [5, 5.41) is 4.93. The smallest absolute Gasteiger partial charge is 0.271 e. The summed E-state index contributed by atoms with van der Waals surface area (Å²) in [6.45, 7) is 2.31. The number of anilines is 1. The second-order valence-electron chi connectivity index (χ2n) is 9.26. The number of benzene rings is 3. The first-order chi connectivity index (χ1) is 19.6. The molecule has 1 unspecified atom stereocenters. The van der Waals surface area contributed by atoms with Crippen LogP contribution in [0.3, 0.4) is 0 Å². The molecule has 0 radical (unpaired) electrons. The summed E-state index contributed by atoms with van der Waals surface area (Å²) >= 11 is 2.84. The molecule has 3 heterocycles. The topological polar surface area (TPSA) is 72.7 Å². The Morgan fingerprint density at radius 3 is 2.40 bits per heavy atom. The van der Waals surface area contributed by atoms with Crippen molar-refractivity contribution in [1.82, 2.24) is 4.57 Å². The van der Waals surface area contributed by atoms with Gasteiger partial charge in [0.15, 0.2) is 4.80 Å². The van der Waals surface area contributed by atoms with Crippen LogP contribution in [-0.2, 0) is 11.4 Å². The van der Waals surface area contributed by atoms with E-state index in [-0.39, 0.29) is 11.5 Å². The average molecular weight is 564 g/mol. The molecule has 5 aromatic rings. The second-order valence-corrected chi connectivity index (χ2v) is 11.2. The van der Waals surface area contributed by atoms with Gasteiger partial charge in [-0.2, -0.15) is 0 Å². The molecule has 0 saturated carbocycles. The number of thiazole rings is 1. The summed E-state index contributed by atoms with van der Waals surface area (Å²) in [6.07, 6.45) is 1.86. The van der Waals surface area contributed by atoms with Crippen molar-refractivity contribution < 1.29 is 9.53 Å². The minimum absolute atomic E-state index is 0.177. The fourth-order valence-corrected chi connectivity index (χ4v) is 6.47. The fraction of sp³-hybridized carbons (Fsp3) is 0.0938. The SMILES string of the molecule is CC1=C(C(=O)Nc2ccccc2)C(c2cccs2)n2c(s/c(=C\c3ccc(OCc4ccccc4)cc3)c2=O)=N1. The van der Waals surface area contributed by atoms with Crippen molar-refractivity contribution in [3.8, 4) is 5.75 Å². The fourth-order valence-electron chi connectivity index (χ4n) is 4.60. The molecule has 198 valence electrons. The monoisotopic (exact) mass is 563 g/mol. The van der Waals surface area contributed by atoms with Crippen molar-refractivity contribution in [2.75, 3.05) is 5.32 Å². The van der Waals surface area contributed by atoms with Crippen LogP contribution in [0, 0.1) is 0 Å². The number of para-hydroxylation sites is 1. The van der Waals surface area contributed by atoms with E-state index >= 15 is 0 Å². The zero-order valence-corrected chi connectivity index (χ0v) is 23.2. The molecule has 6 rings (SSSR count). The minimum atomic E-state index is -0.559. The molecule has 0 saturated heterocycles. The van der Waals surface area contributed by atoms with Gasteiger partial charge in [0.2, 0.25) is 0 Å². The van der Waals surface area contributed by atoms with Gasteiger partial charge < -0.3 is 10.1 Å². The van der Waals surface area contributed by atoms with Crippen LogP contribution in [0.1, 0.15) is 29.0 Å². The largest absolute Gasteiger partial charge is 0.489 e. The molecule has 0 aliphatic carbocycles. The maximum Gasteiger partial charge on any atom is 0.271 e. The Balaban J connectivity index is 1.32. The predicted molar refractivity (Wildman–Crippen MR) is 160 cm³/mol. The molecule has 3 aromatic carbocycles. The van der Waals surface area contributed by atoms with Crippen LogP contribution < -0.4 is 24.9 Å². The molecule has 1 amide bonds. The molecule has 1 atom stereocenters. The number of nitrogens with one attached hydrogen (secondary N) is 1. The van der Waals surface area contributed by atoms with Crippen LogP contribution in [0.2, 0.25) is 0 Å². The lowest BCUT2D eigenvalue weighted by Crippen LogP contribution is -2.40. The Bertz CT molecular complexity index is 1860. The molecule has 0 fully saturated rings. The van der Waals surface area contributed by atoms with Crippen LogP contribution >= 0.6 is 22.7 Å². The molecular weight excluding hydrogens is 539 g/mol. The molecule has 6 nitrogen and oxygen atoms in total. The third-order valence-electron chi connectivity index (χ3n) is 6.54. The van der Waals surface area contributed by atoms with E-state index in [9.17, 15) is 9.59 Å². The number of allylic oxidation sites excluding steroid dienone is 1. The summed E-state index contributed by atoms with van der Waals surface area (Å²) in [7, 11) is 0. The second kappa shape index (κ2) is 11.3. The Morgan fingerprint density at radius 2 is 1.70 bits per heavy atom. The van der Waals surface area contributed by atoms with E-state index in [4.69, 9.17) is 9.73 Å². The van der Waals surface area contributed by atoms with Crippen LogP contribution in [-0.4, -0.2) is 10.5 Å². The Hall–Kier alpha value is -4.53. The minimum Gasteiger partial charge on any atom is -0.489 e. The van der Waals surface area contributed by atoms with E-state index < -0.39 is 6.04 Å². The first kappa shape index (κ1) is 25.7. The van der Waals surface area contributed by atoms with Crippen molar-refractivity contribution in [3.63, 3.8) is 0 Å². The molecular formula is C32H25N3O3S2. The number of hydrogen-bond acceptors (Lipinski definition) is 6. The molecule has 8 heteroatoms. The lowest BCUT2D eigenvalue weighted by molar-refractivity contribution is -0.113. The Kier molecular flexibility index (Phi) is 7.27. The average Bonchev–Trinajstić information content (AvgIpc) is 3.61. The summed E-state index contributed by atoms with van der Waals surface area (Å²) in [4.78, 5) is 33.5. The van der Waals surface area contributed by atoms with Gasteiger partial charge in [0.05, 0.1) is 15.8 Å². The van der Waals surface area contributed by atoms with Gasteiger partial charge in [-0.05, 0) is 59.8 Å². The highest BCUT2D eigenvalue weighted by atomic mass is 32.1. The predicted octanol–water partition coefficient (Wildman–Crippen LogP) is 5.51. The van der Waals surface area contributed by atoms with Gasteiger partial charge in [0.25, 0.3) is 11.5 Å². The van der Waals surface area contributed by atoms with E-state index in [1.807, 2.05) is 115 Å². The zero-order chi connectivity index (χ0) is 27.5. The van der Waals surface area contributed by atoms with Crippen molar-refractivity contribution in [2.24, 2.45) is 4.99 Å². The highest BCUT2D eigenvalue weighted by Crippen LogP contribution is 2.33. The van der Waals surface area contributed by atoms with E-state index in [0.717, 1.165) is 21.8 Å². The van der Waals surface area contributed by atoms with E-state index in [1.54, 1.807) is 4.57 Å². The van der Waals surface area contributed by atoms with Crippen molar-refractivity contribution in [1.29, 1.82) is 0 Å². The van der Waals surface area contributed by atoms with Crippen molar-refractivity contribution >= 4 is 40.3 Å². The summed E-state index contributed by atoms with van der Waals surface area (Å²) in [5.74, 6) is 0.482. The molecule has 1 aliphatic rings. The number of ether oxygens (including phenoxy) is 1. The van der Waals surface area contributed by atoms with Crippen molar-refractivity contribution in [2.45, 2.75) is 19.6 Å². The number of carbonyl (C=O) groups is 1. The van der Waals surface area contributed by atoms with Gasteiger partial charge >= 0.3 is 0 Å². The van der Waals surface area contributed by atoms with Gasteiger partial charge in [-0.3, -0.25) is 14.2 Å². The van der Waals surface area contributed by atoms with Crippen molar-refractivity contribution in [3.05, 3.63) is 149 Å². The summed E-state index contributed by atoms with van der Waals surface area (Å²) in [6, 6.07) is 30.3. The third-order valence-corrected chi connectivity index (χ3v) is 8.44. The molecule has 1 N–H and O–H groups in total. The van der Waals surface area contributed by atoms with E-state index in [0.29, 0.717) is 32.9 Å². The first-order valence-corrected chi connectivity index (χ1v) is 14.5. The Morgan fingerprint density at radius 1 is 0.975 bits per heavy atom. The lowest BCUT2D eigenvalue weighted by atomic mass is 10.0. The van der Waals surface area contributed by atoms with Gasteiger partial charge in [0.1, 0.15) is 18.4 Å². The maximum atomic E-state index is 13.8. The number of hydrogen-bond donors (Lipinski definition) is 1. The number of nitrogens with zero attached hydrogens (tertiary/aromatic N) is 2. The Labute approximate surface area is 238 Å². The summed E-state index contributed by atoms with van der Waals surface area (Å²) in [5.41, 5.74) is 3.54. The number of rotatable bonds is 7. The third kappa shape index (κ3) is 5.32. The zero-order valence-electron chi connectivity index (χ0n) is 21.6. The first-order valence-electron chi connectivity index (χ1n) is 12.8. The van der Waals surface area contributed by atoms with Crippen LogP contribution in [0.4, 0.5) is 5.69 Å². The maximum absolute atomic E-state index is 13.8. The number of fused-ring (bicyclic) bond motifs is 1. The number of thiophene rings is 1. The van der Waals surface area contributed by atoms with E-state index in [2.05, 4.69) is 5.32 Å². The summed E-state index contributed by atoms with van der Waals surface area (Å²) < 4.78 is 8.09. The van der Waals surface area contributed by atoms with Gasteiger partial charge in [-0.1, -0.05) is 78.1 Å². The highest BCUT2D eigenvalue weighted by Gasteiger charge is 2.33. The standard InChI is InChI=1S/C32H25N3O3S2/c1-21-28(30(36)34-24-11-6-3-7-12-24)29(26-13-8-18-39-26)35-31(37)27(40-32(35)33-21)19-22-14-16-25(17-15-22)38-20-23-9-4-2-5-10-23/h2-19,29H,20H2,1H3,(H,34,36)/b27-19-. The van der Waals surface area contributed by atoms with Gasteiger partial charge in [-0.15, -0.1) is 11.3 Å². The molecule has 2 aromatic heterocycles.